The fourth-order valence-electron chi connectivity index (χ4n) is 8.41. The van der Waals surface area contributed by atoms with Crippen molar-refractivity contribution in [3.63, 3.8) is 0 Å². The van der Waals surface area contributed by atoms with Gasteiger partial charge in [-0.25, -0.2) is 0 Å². The molecule has 18 atom stereocenters. The van der Waals surface area contributed by atoms with E-state index in [4.69, 9.17) is 45.9 Å². The first-order valence-corrected chi connectivity index (χ1v) is 20.6. The molecule has 330 valence electrons. The van der Waals surface area contributed by atoms with Crippen molar-refractivity contribution in [2.75, 3.05) is 21.2 Å². The summed E-state index contributed by atoms with van der Waals surface area (Å²) in [5, 5.41) is 57.6. The van der Waals surface area contributed by atoms with E-state index in [1.807, 2.05) is 25.9 Å². The first-order valence-electron chi connectivity index (χ1n) is 19.2. The number of likely N-dealkylation sites (N-methyl/N-ethyl adjacent to an activating group) is 1. The van der Waals surface area contributed by atoms with E-state index in [1.54, 1.807) is 41.5 Å². The third-order valence-electron chi connectivity index (χ3n) is 11.8. The van der Waals surface area contributed by atoms with Crippen LogP contribution in [0.2, 0.25) is 0 Å². The number of nitrogens with zero attached hydrogens (tertiary/aromatic N) is 1. The highest BCUT2D eigenvalue weighted by atomic mass is 32.3. The molecule has 0 aromatic carbocycles. The Labute approximate surface area is 331 Å². The summed E-state index contributed by atoms with van der Waals surface area (Å²) in [4.78, 5) is 29.8. The van der Waals surface area contributed by atoms with Crippen LogP contribution in [0.4, 0.5) is 0 Å². The molecule has 0 aliphatic carbocycles. The van der Waals surface area contributed by atoms with Gasteiger partial charge in [0.1, 0.15) is 29.7 Å². The predicted molar refractivity (Wildman–Crippen MR) is 200 cm³/mol. The molecule has 3 rings (SSSR count). The molecule has 7 N–H and O–H groups in total. The van der Waals surface area contributed by atoms with Crippen LogP contribution in [-0.2, 0) is 48.4 Å². The number of esters is 1. The second-order valence-electron chi connectivity index (χ2n) is 16.9. The van der Waals surface area contributed by atoms with Crippen LogP contribution in [0, 0.1) is 23.7 Å². The molecule has 0 unspecified atom stereocenters. The zero-order valence-electron chi connectivity index (χ0n) is 35.1. The van der Waals surface area contributed by atoms with Crippen LogP contribution in [0.25, 0.3) is 0 Å². The van der Waals surface area contributed by atoms with Crippen molar-refractivity contribution in [1.29, 1.82) is 0 Å². The molecule has 0 amide bonds. The van der Waals surface area contributed by atoms with E-state index >= 15 is 0 Å². The molecular weight excluding hydrogens is 762 g/mol. The molecule has 0 saturated carbocycles. The number of aliphatic hydroxyl groups excluding tert-OH is 3. The van der Waals surface area contributed by atoms with Crippen molar-refractivity contribution in [3.05, 3.63) is 0 Å². The van der Waals surface area contributed by atoms with Crippen molar-refractivity contribution >= 4 is 22.2 Å². The summed E-state index contributed by atoms with van der Waals surface area (Å²) in [5.41, 5.74) is -4.84. The Bertz CT molecular complexity index is 1390. The van der Waals surface area contributed by atoms with E-state index in [-0.39, 0.29) is 31.4 Å². The molecule has 0 bridgehead atoms. The molecule has 3 heterocycles. The molecule has 3 aliphatic heterocycles. The maximum absolute atomic E-state index is 14.1. The number of hydrogen-bond donors (Lipinski definition) is 7. The minimum absolute atomic E-state index is 0.0936. The summed E-state index contributed by atoms with van der Waals surface area (Å²) in [5.74, 6) is -4.98. The molecule has 0 aromatic heterocycles. The van der Waals surface area contributed by atoms with E-state index < -0.39 is 118 Å². The normalized spacial score (nSPS) is 46.3. The Morgan fingerprint density at radius 3 is 1.93 bits per heavy atom. The Kier molecular flexibility index (Phi) is 17.9. The van der Waals surface area contributed by atoms with Crippen LogP contribution in [0.5, 0.6) is 0 Å². The Morgan fingerprint density at radius 1 is 0.875 bits per heavy atom. The SMILES string of the molecule is CC[C@H]1OC(=O)[C@H](C)[C@@H](O[C@H]2C[C@@](C)(OC)[C@@H](O)[C@H](C)O2)[C@H](C)[C@@H](O[C@@H]2O[C@H](C)C[C@H](N(C)C)[C@H]2O)[C@](C)(O)C[C@@H](C)C(=O)[C@H](C)[C@@H](O)[C@]1(C)O.O=S(=O)(O)O. The highest BCUT2D eigenvalue weighted by Crippen LogP contribution is 2.40. The number of aliphatic hydroxyl groups is 5. The maximum atomic E-state index is 14.1. The van der Waals surface area contributed by atoms with Gasteiger partial charge in [-0.2, -0.15) is 8.42 Å². The zero-order valence-corrected chi connectivity index (χ0v) is 35.9. The Balaban J connectivity index is 0.00000203. The smallest absolute Gasteiger partial charge is 0.394 e. The second kappa shape index (κ2) is 19.8. The lowest BCUT2D eigenvalue weighted by Gasteiger charge is -2.49. The molecule has 3 aliphatic rings. The van der Waals surface area contributed by atoms with Gasteiger partial charge in [-0.05, 0) is 74.9 Å². The molecule has 0 radical (unpaired) electrons. The van der Waals surface area contributed by atoms with Crippen molar-refractivity contribution in [2.24, 2.45) is 23.7 Å². The van der Waals surface area contributed by atoms with E-state index in [9.17, 15) is 35.1 Å². The number of carbonyl (C=O) groups is 2. The quantitative estimate of drug-likeness (QED) is 0.140. The number of methoxy groups -OCH3 is 1. The molecule has 0 aromatic rings. The topological polar surface area (TPSA) is 269 Å². The number of hydrogen-bond acceptors (Lipinski definition) is 16. The van der Waals surface area contributed by atoms with Crippen LogP contribution in [-0.4, -0.2) is 165 Å². The third-order valence-corrected chi connectivity index (χ3v) is 11.8. The van der Waals surface area contributed by atoms with E-state index in [0.29, 0.717) is 6.42 Å². The average molecular weight is 832 g/mol. The van der Waals surface area contributed by atoms with Gasteiger partial charge in [0.05, 0.1) is 47.6 Å². The molecule has 56 heavy (non-hydrogen) atoms. The summed E-state index contributed by atoms with van der Waals surface area (Å²) < 4.78 is 68.6. The first-order chi connectivity index (χ1) is 25.4. The Hall–Kier alpha value is -1.43. The van der Waals surface area contributed by atoms with Gasteiger partial charge in [0.25, 0.3) is 0 Å². The summed E-state index contributed by atoms with van der Waals surface area (Å²) in [6.45, 7) is 16.3. The van der Waals surface area contributed by atoms with Gasteiger partial charge in [0.2, 0.25) is 0 Å². The van der Waals surface area contributed by atoms with Gasteiger partial charge < -0.3 is 58.9 Å². The van der Waals surface area contributed by atoms with Crippen LogP contribution >= 0.6 is 0 Å². The van der Waals surface area contributed by atoms with Crippen LogP contribution in [0.15, 0.2) is 0 Å². The lowest BCUT2D eigenvalue weighted by Crippen LogP contribution is -2.61. The number of carbonyl (C=O) groups excluding carboxylic acids is 2. The minimum atomic E-state index is -4.67. The van der Waals surface area contributed by atoms with Crippen molar-refractivity contribution in [1.82, 2.24) is 4.90 Å². The number of ether oxygens (including phenoxy) is 6. The molecule has 3 fully saturated rings. The zero-order chi connectivity index (χ0) is 43.5. The average Bonchev–Trinajstić information content (AvgIpc) is 3.08. The molecule has 3 saturated heterocycles. The standard InChI is InChI=1S/C37H67NO13.H2O4S/c1-14-25-37(10,45)30(41)20(4)27(39)18(2)16-35(8,44)32(51-34-28(40)24(38(11)12)15-19(3)47-34)21(5)29(22(6)33(43)49-25)50-26-17-36(9,46-13)31(42)23(7)48-26;1-5(2,3)4/h18-26,28-32,34,40-42,44-45H,14-17H2,1-13H3;(H2,1,2,3,4)/t18-,19-,20+,21+,22-,23+,24+,25-,26+,28-,29+,30-,31+,32-,34+,35-,36-,37-;/m1./s1. The highest BCUT2D eigenvalue weighted by molar-refractivity contribution is 7.79. The fourth-order valence-corrected chi connectivity index (χ4v) is 8.41. The van der Waals surface area contributed by atoms with Crippen molar-refractivity contribution < 1.29 is 81.1 Å². The molecule has 19 heteroatoms. The van der Waals surface area contributed by atoms with Gasteiger partial charge in [0.15, 0.2) is 12.6 Å². The van der Waals surface area contributed by atoms with Gasteiger partial charge in [-0.1, -0.05) is 27.7 Å². The number of ketones is 1. The minimum Gasteiger partial charge on any atom is -0.459 e. The second-order valence-corrected chi connectivity index (χ2v) is 17.8. The summed E-state index contributed by atoms with van der Waals surface area (Å²) in [6, 6.07) is -0.324. The summed E-state index contributed by atoms with van der Waals surface area (Å²) in [7, 11) is 0.510. The van der Waals surface area contributed by atoms with Gasteiger partial charge in [-0.3, -0.25) is 18.7 Å². The van der Waals surface area contributed by atoms with Crippen LogP contribution in [0.3, 0.4) is 0 Å². The lowest BCUT2D eigenvalue weighted by molar-refractivity contribution is -0.318. The predicted octanol–water partition coefficient (Wildman–Crippen LogP) is 1.13. The van der Waals surface area contributed by atoms with Crippen LogP contribution < -0.4 is 0 Å². The Morgan fingerprint density at radius 2 is 1.43 bits per heavy atom. The van der Waals surface area contributed by atoms with E-state index in [0.717, 1.165) is 0 Å². The van der Waals surface area contributed by atoms with Gasteiger partial charge in [0, 0.05) is 37.3 Å². The number of Topliss-reactive ketones (excluding diaryl/α,β-unsaturated/α-hetero) is 1. The summed E-state index contributed by atoms with van der Waals surface area (Å²) in [6.07, 6.45) is -9.71. The largest absolute Gasteiger partial charge is 0.459 e. The first kappa shape index (κ1) is 50.7. The lowest BCUT2D eigenvalue weighted by atomic mass is 9.74. The van der Waals surface area contributed by atoms with E-state index in [2.05, 4.69) is 0 Å². The number of rotatable bonds is 7. The molecular formula is C37H69NO17S. The molecule has 18 nitrogen and oxygen atoms in total. The van der Waals surface area contributed by atoms with Gasteiger partial charge in [-0.15, -0.1) is 0 Å². The third kappa shape index (κ3) is 12.5. The highest BCUT2D eigenvalue weighted by Gasteiger charge is 2.53. The van der Waals surface area contributed by atoms with Gasteiger partial charge >= 0.3 is 16.4 Å². The summed E-state index contributed by atoms with van der Waals surface area (Å²) >= 11 is 0. The monoisotopic (exact) mass is 831 g/mol. The van der Waals surface area contributed by atoms with E-state index in [1.165, 1.54) is 27.9 Å². The van der Waals surface area contributed by atoms with Crippen molar-refractivity contribution in [3.8, 4) is 0 Å². The van der Waals surface area contributed by atoms with Crippen LogP contribution in [0.1, 0.15) is 94.9 Å². The maximum Gasteiger partial charge on any atom is 0.394 e. The number of cyclic esters (lactones) is 1. The van der Waals surface area contributed by atoms with Crippen molar-refractivity contribution in [2.45, 2.75) is 179 Å². The molecule has 0 spiro atoms. The fraction of sp³-hybridized carbons (Fsp3) is 0.946.